The van der Waals surface area contributed by atoms with Crippen molar-refractivity contribution < 1.29 is 29.0 Å². The number of carbonyl (C=O) groups is 2. The number of hydrogen-bond acceptors (Lipinski definition) is 5. The predicted octanol–water partition coefficient (Wildman–Crippen LogP) is 6.41. The standard InChI is InChI=1S/C13H18BrNO3.C11H13BrO3.CH4/c1-9-7-11(8-10(2)13(9)14)18-6-5-12(16)15(3)17-4;1-7-5-9(6-8(2)11(7)12)15-4-3-10(13)14;/h7-8H,5-6H2,1-4H3;5-6H,3-4H2,1-2H3,(H,13,14);1H4. The lowest BCUT2D eigenvalue weighted by atomic mass is 10.1. The van der Waals surface area contributed by atoms with Gasteiger partial charge in [0.25, 0.3) is 0 Å². The minimum Gasteiger partial charge on any atom is -0.493 e. The Kier molecular flexibility index (Phi) is 14.8. The Hall–Kier alpha value is -2.10. The van der Waals surface area contributed by atoms with E-state index in [-0.39, 0.29) is 26.4 Å². The maximum atomic E-state index is 11.5. The summed E-state index contributed by atoms with van der Waals surface area (Å²) in [6, 6.07) is 7.67. The molecule has 0 atom stereocenters. The summed E-state index contributed by atoms with van der Waals surface area (Å²) in [5.41, 5.74) is 4.40. The number of benzene rings is 2. The number of rotatable bonds is 9. The van der Waals surface area contributed by atoms with Crippen molar-refractivity contribution in [1.29, 1.82) is 0 Å². The van der Waals surface area contributed by atoms with E-state index in [1.54, 1.807) is 7.05 Å². The molecule has 7 nitrogen and oxygen atoms in total. The van der Waals surface area contributed by atoms with Gasteiger partial charge in [0.05, 0.1) is 33.2 Å². The maximum absolute atomic E-state index is 11.5. The summed E-state index contributed by atoms with van der Waals surface area (Å²) in [7, 11) is 3.04. The molecule has 0 aliphatic heterocycles. The molecule has 190 valence electrons. The van der Waals surface area contributed by atoms with E-state index in [1.807, 2.05) is 52.0 Å². The van der Waals surface area contributed by atoms with E-state index in [2.05, 4.69) is 31.9 Å². The minimum absolute atomic E-state index is 0. The average Bonchev–Trinajstić information content (AvgIpc) is 2.75. The van der Waals surface area contributed by atoms with Crippen molar-refractivity contribution in [2.45, 2.75) is 48.0 Å². The highest BCUT2D eigenvalue weighted by atomic mass is 79.9. The molecule has 1 amide bonds. The van der Waals surface area contributed by atoms with Crippen LogP contribution in [-0.2, 0) is 14.4 Å². The van der Waals surface area contributed by atoms with Gasteiger partial charge in [-0.2, -0.15) is 0 Å². The van der Waals surface area contributed by atoms with E-state index in [4.69, 9.17) is 19.4 Å². The summed E-state index contributed by atoms with van der Waals surface area (Å²) in [5, 5.41) is 9.65. The molecule has 34 heavy (non-hydrogen) atoms. The van der Waals surface area contributed by atoms with Gasteiger partial charge >= 0.3 is 5.97 Å². The summed E-state index contributed by atoms with van der Waals surface area (Å²) in [6.07, 6.45) is 0.312. The number of hydrogen-bond donors (Lipinski definition) is 1. The fourth-order valence-electron chi connectivity index (χ4n) is 2.75. The van der Waals surface area contributed by atoms with Crippen LogP contribution in [0, 0.1) is 27.7 Å². The number of aryl methyl sites for hydroxylation is 4. The lowest BCUT2D eigenvalue weighted by Gasteiger charge is -2.14. The quantitative estimate of drug-likeness (QED) is 0.333. The average molecular weight is 605 g/mol. The van der Waals surface area contributed by atoms with Crippen LogP contribution in [0.2, 0.25) is 0 Å². The Morgan fingerprint density at radius 2 is 1.18 bits per heavy atom. The lowest BCUT2D eigenvalue weighted by Crippen LogP contribution is -2.26. The van der Waals surface area contributed by atoms with Crippen molar-refractivity contribution >= 4 is 43.7 Å². The highest BCUT2D eigenvalue weighted by molar-refractivity contribution is 9.10. The molecule has 2 rings (SSSR count). The highest BCUT2D eigenvalue weighted by Gasteiger charge is 2.09. The first-order chi connectivity index (χ1) is 15.5. The van der Waals surface area contributed by atoms with E-state index >= 15 is 0 Å². The van der Waals surface area contributed by atoms with E-state index in [0.29, 0.717) is 13.0 Å². The minimum atomic E-state index is -0.847. The molecule has 2 aromatic rings. The lowest BCUT2D eigenvalue weighted by molar-refractivity contribution is -0.169. The van der Waals surface area contributed by atoms with Gasteiger partial charge in [0, 0.05) is 16.0 Å². The summed E-state index contributed by atoms with van der Waals surface area (Å²) < 4.78 is 13.0. The van der Waals surface area contributed by atoms with Crippen molar-refractivity contribution in [1.82, 2.24) is 5.06 Å². The summed E-state index contributed by atoms with van der Waals surface area (Å²) in [5.74, 6) is 0.541. The highest BCUT2D eigenvalue weighted by Crippen LogP contribution is 2.27. The van der Waals surface area contributed by atoms with Crippen molar-refractivity contribution in [2.75, 3.05) is 27.4 Å². The summed E-state index contributed by atoms with van der Waals surface area (Å²) in [4.78, 5) is 26.5. The molecule has 0 bridgehead atoms. The van der Waals surface area contributed by atoms with Gasteiger partial charge in [-0.25, -0.2) is 5.06 Å². The van der Waals surface area contributed by atoms with Crippen LogP contribution < -0.4 is 9.47 Å². The maximum Gasteiger partial charge on any atom is 0.306 e. The summed E-state index contributed by atoms with van der Waals surface area (Å²) in [6.45, 7) is 8.51. The molecular formula is C25H35Br2NO6. The predicted molar refractivity (Wildman–Crippen MR) is 142 cm³/mol. The fourth-order valence-corrected chi connectivity index (χ4v) is 3.21. The molecule has 1 N–H and O–H groups in total. The Bertz CT molecular complexity index is 918. The van der Waals surface area contributed by atoms with Gasteiger partial charge in [-0.15, -0.1) is 0 Å². The molecule has 0 heterocycles. The molecule has 0 saturated heterocycles. The molecular weight excluding hydrogens is 570 g/mol. The molecule has 0 saturated carbocycles. The number of ether oxygens (including phenoxy) is 2. The molecule has 2 aromatic carbocycles. The molecule has 0 fully saturated rings. The van der Waals surface area contributed by atoms with E-state index in [1.165, 1.54) is 12.2 Å². The molecule has 0 aromatic heterocycles. The molecule has 0 spiro atoms. The van der Waals surface area contributed by atoms with Gasteiger partial charge < -0.3 is 14.6 Å². The number of amides is 1. The van der Waals surface area contributed by atoms with Gasteiger partial charge in [-0.3, -0.25) is 14.4 Å². The smallest absolute Gasteiger partial charge is 0.306 e. The normalized spacial score (nSPS) is 9.88. The Balaban J connectivity index is 0.000000632. The zero-order valence-corrected chi connectivity index (χ0v) is 23.0. The zero-order valence-electron chi connectivity index (χ0n) is 19.8. The van der Waals surface area contributed by atoms with Crippen LogP contribution >= 0.6 is 31.9 Å². The Morgan fingerprint density at radius 3 is 1.50 bits per heavy atom. The number of nitrogens with zero attached hydrogens (tertiary/aromatic N) is 1. The molecule has 0 unspecified atom stereocenters. The molecule has 0 radical (unpaired) electrons. The topological polar surface area (TPSA) is 85.3 Å². The number of carboxylic acids is 1. The van der Waals surface area contributed by atoms with Crippen molar-refractivity contribution in [3.63, 3.8) is 0 Å². The first kappa shape index (κ1) is 31.9. The number of carboxylic acid groups (broad SMARTS) is 1. The van der Waals surface area contributed by atoms with Crippen molar-refractivity contribution in [3.8, 4) is 11.5 Å². The van der Waals surface area contributed by atoms with Crippen molar-refractivity contribution in [2.24, 2.45) is 0 Å². The van der Waals surface area contributed by atoms with E-state index in [9.17, 15) is 9.59 Å². The second kappa shape index (κ2) is 15.7. The SMILES string of the molecule is C.CON(C)C(=O)CCOc1cc(C)c(Br)c(C)c1.Cc1cc(OCCC(=O)O)cc(C)c1Br. The first-order valence-electron chi connectivity index (χ1n) is 10.3. The van der Waals surface area contributed by atoms with Crippen molar-refractivity contribution in [3.05, 3.63) is 55.5 Å². The Morgan fingerprint density at radius 1 is 0.824 bits per heavy atom. The summed E-state index contributed by atoms with van der Waals surface area (Å²) >= 11 is 6.96. The van der Waals surface area contributed by atoms with Gasteiger partial charge in [-0.1, -0.05) is 39.3 Å². The van der Waals surface area contributed by atoms with Gasteiger partial charge in [-0.05, 0) is 74.2 Å². The Labute approximate surface area is 219 Å². The first-order valence-corrected chi connectivity index (χ1v) is 11.9. The largest absolute Gasteiger partial charge is 0.493 e. The van der Waals surface area contributed by atoms with Crippen LogP contribution in [0.15, 0.2) is 33.2 Å². The van der Waals surface area contributed by atoms with Crippen LogP contribution in [0.5, 0.6) is 11.5 Å². The monoisotopic (exact) mass is 603 g/mol. The molecule has 9 heteroatoms. The van der Waals surface area contributed by atoms with Crippen LogP contribution in [-0.4, -0.2) is 49.4 Å². The van der Waals surface area contributed by atoms with Gasteiger partial charge in [0.1, 0.15) is 11.5 Å². The molecule has 0 aliphatic carbocycles. The third-order valence-corrected chi connectivity index (χ3v) is 7.12. The third kappa shape index (κ3) is 10.9. The second-order valence-corrected chi connectivity index (χ2v) is 8.99. The van der Waals surface area contributed by atoms with Crippen LogP contribution in [0.25, 0.3) is 0 Å². The van der Waals surface area contributed by atoms with Crippen LogP contribution in [0.4, 0.5) is 0 Å². The number of halogens is 2. The van der Waals surface area contributed by atoms with Crippen LogP contribution in [0.1, 0.15) is 42.5 Å². The van der Waals surface area contributed by atoms with Crippen LogP contribution in [0.3, 0.4) is 0 Å². The number of carbonyl (C=O) groups excluding carboxylic acids is 1. The molecule has 0 aliphatic rings. The number of hydroxylamine groups is 2. The van der Waals surface area contributed by atoms with Gasteiger partial charge in [0.15, 0.2) is 0 Å². The second-order valence-electron chi connectivity index (χ2n) is 7.41. The van der Waals surface area contributed by atoms with Gasteiger partial charge in [0.2, 0.25) is 5.91 Å². The van der Waals surface area contributed by atoms with E-state index in [0.717, 1.165) is 42.7 Å². The zero-order chi connectivity index (χ0) is 25.1. The third-order valence-electron chi connectivity index (χ3n) is 4.61. The fraction of sp³-hybridized carbons (Fsp3) is 0.440. The number of aliphatic carboxylic acids is 1. The van der Waals surface area contributed by atoms with E-state index < -0.39 is 5.97 Å².